The lowest BCUT2D eigenvalue weighted by Crippen LogP contribution is -2.28. The fourth-order valence-corrected chi connectivity index (χ4v) is 5.90. The van der Waals surface area contributed by atoms with E-state index in [1.807, 2.05) is 12.1 Å². The van der Waals surface area contributed by atoms with E-state index in [1.54, 1.807) is 12.3 Å². The molecule has 1 N–H and O–H groups in total. The van der Waals surface area contributed by atoms with Crippen LogP contribution in [0.3, 0.4) is 0 Å². The average molecular weight is 431 g/mol. The Hall–Kier alpha value is -2.32. The van der Waals surface area contributed by atoms with E-state index in [9.17, 15) is 9.59 Å². The minimum Gasteiger partial charge on any atom is -0.352 e. The van der Waals surface area contributed by atoms with E-state index in [1.165, 1.54) is 17.1 Å². The molecule has 0 bridgehead atoms. The molecule has 5 atom stereocenters. The molecule has 158 valence electrons. The van der Waals surface area contributed by atoms with Gasteiger partial charge in [-0.15, -0.1) is 0 Å². The minimum atomic E-state index is -1.31. The molecule has 1 amide bonds. The summed E-state index contributed by atoms with van der Waals surface area (Å²) in [6.45, 7) is 1.97. The summed E-state index contributed by atoms with van der Waals surface area (Å²) < 4.78 is 29.8. The first-order chi connectivity index (χ1) is 15.0. The summed E-state index contributed by atoms with van der Waals surface area (Å²) in [5, 5.41) is 2.49. The fraction of sp³-hybridized carbons (Fsp3) is 0.450. The molecule has 3 unspecified atom stereocenters. The van der Waals surface area contributed by atoms with Gasteiger partial charge in [-0.1, -0.05) is 18.2 Å². The number of ether oxygens (including phenoxy) is 1. The molecule has 0 radical (unpaired) electrons. The first-order valence-corrected chi connectivity index (χ1v) is 10.9. The van der Waals surface area contributed by atoms with E-state index >= 15 is 0 Å². The summed E-state index contributed by atoms with van der Waals surface area (Å²) in [7, 11) is -1.31. The van der Waals surface area contributed by atoms with Gasteiger partial charge in [-0.2, -0.15) is 4.98 Å². The van der Waals surface area contributed by atoms with E-state index in [2.05, 4.69) is 27.1 Å². The van der Waals surface area contributed by atoms with Gasteiger partial charge in [0.2, 0.25) is 5.91 Å². The summed E-state index contributed by atoms with van der Waals surface area (Å²) in [4.78, 5) is 27.5. The number of carbonyl (C=O) groups is 1. The first kappa shape index (κ1) is 18.4. The molecule has 0 spiro atoms. The van der Waals surface area contributed by atoms with Crippen LogP contribution in [0.5, 0.6) is 0 Å². The number of anilines is 2. The lowest BCUT2D eigenvalue weighted by atomic mass is 10.1. The molecule has 3 aliphatic heterocycles. The molecule has 2 saturated heterocycles. The predicted molar refractivity (Wildman–Crippen MR) is 111 cm³/mol. The molecule has 1 aromatic carbocycles. The molecule has 9 nitrogen and oxygen atoms in total. The van der Waals surface area contributed by atoms with Gasteiger partial charge >= 0.3 is 5.69 Å². The molecular weight excluding hydrogens is 407 g/mol. The van der Waals surface area contributed by atoms with E-state index in [0.29, 0.717) is 13.0 Å². The Bertz CT molecular complexity index is 1050. The zero-order valence-corrected chi connectivity index (χ0v) is 17.3. The van der Waals surface area contributed by atoms with Gasteiger partial charge in [-0.25, -0.2) is 4.79 Å². The highest BCUT2D eigenvalue weighted by Crippen LogP contribution is 2.58. The smallest absolute Gasteiger partial charge is 0.351 e. The fourth-order valence-electron chi connectivity index (χ4n) is 4.07. The van der Waals surface area contributed by atoms with Crippen molar-refractivity contribution in [2.24, 2.45) is 0 Å². The van der Waals surface area contributed by atoms with Crippen LogP contribution in [0.1, 0.15) is 33.4 Å². The Morgan fingerprint density at radius 1 is 1.40 bits per heavy atom. The lowest BCUT2D eigenvalue weighted by molar-refractivity contribution is -0.114. The molecule has 30 heavy (non-hydrogen) atoms. The van der Waals surface area contributed by atoms with Crippen molar-refractivity contribution < 1.29 is 19.9 Å². The number of rotatable bonds is 4. The maximum Gasteiger partial charge on any atom is 0.351 e. The van der Waals surface area contributed by atoms with Crippen molar-refractivity contribution in [3.8, 4) is 0 Å². The van der Waals surface area contributed by atoms with Crippen LogP contribution in [-0.4, -0.2) is 40.3 Å². The van der Waals surface area contributed by atoms with Gasteiger partial charge in [0.1, 0.15) is 12.0 Å². The van der Waals surface area contributed by atoms with E-state index in [-0.39, 0.29) is 30.8 Å². The largest absolute Gasteiger partial charge is 0.352 e. The molecule has 1 aromatic heterocycles. The highest BCUT2D eigenvalue weighted by molar-refractivity contribution is 7.49. The summed E-state index contributed by atoms with van der Waals surface area (Å²) >= 11 is 0. The highest BCUT2D eigenvalue weighted by Gasteiger charge is 2.46. The van der Waals surface area contributed by atoms with Crippen molar-refractivity contribution in [3.63, 3.8) is 0 Å². The summed E-state index contributed by atoms with van der Waals surface area (Å²) in [6, 6.07) is 10.1. The maximum atomic E-state index is 12.4. The third-order valence-electron chi connectivity index (χ3n) is 5.44. The SMILES string of the molecule is [2H]CC1OC(n2ccc(NC(C)=O)nc2=O)CC1O[P@]1OC[C@H]2Cc3ccccc3N21. The Morgan fingerprint density at radius 3 is 3.07 bits per heavy atom. The van der Waals surface area contributed by atoms with Crippen LogP contribution in [-0.2, 0) is 25.0 Å². The van der Waals surface area contributed by atoms with Crippen LogP contribution in [0.2, 0.25) is 0 Å². The van der Waals surface area contributed by atoms with Crippen molar-refractivity contribution in [1.29, 1.82) is 0 Å². The van der Waals surface area contributed by atoms with E-state index in [0.717, 1.165) is 12.1 Å². The topological polar surface area (TPSA) is 94.9 Å². The predicted octanol–water partition coefficient (Wildman–Crippen LogP) is 2.58. The van der Waals surface area contributed by atoms with Gasteiger partial charge in [0, 0.05) is 26.6 Å². The summed E-state index contributed by atoms with van der Waals surface area (Å²) in [5.41, 5.74) is 1.90. The molecule has 0 aliphatic carbocycles. The number of para-hydroxylation sites is 1. The van der Waals surface area contributed by atoms with Gasteiger partial charge in [0.15, 0.2) is 0 Å². The number of benzene rings is 1. The molecule has 3 aliphatic rings. The van der Waals surface area contributed by atoms with Crippen LogP contribution in [0, 0.1) is 0 Å². The second-order valence-corrected chi connectivity index (χ2v) is 8.93. The molecule has 4 heterocycles. The number of fused-ring (bicyclic) bond motifs is 3. The van der Waals surface area contributed by atoms with Crippen molar-refractivity contribution in [1.82, 2.24) is 9.55 Å². The van der Waals surface area contributed by atoms with Crippen molar-refractivity contribution in [2.45, 2.75) is 51.1 Å². The third kappa shape index (κ3) is 3.52. The Kier molecular flexibility index (Phi) is 4.76. The van der Waals surface area contributed by atoms with Gasteiger partial charge < -0.3 is 23.8 Å². The minimum absolute atomic E-state index is 0.0104. The first-order valence-electron chi connectivity index (χ1n) is 10.5. The molecule has 10 heteroatoms. The monoisotopic (exact) mass is 431 g/mol. The van der Waals surface area contributed by atoms with Gasteiger partial charge in [-0.3, -0.25) is 9.36 Å². The van der Waals surface area contributed by atoms with Crippen LogP contribution in [0.25, 0.3) is 0 Å². The van der Waals surface area contributed by atoms with Crippen molar-refractivity contribution >= 4 is 25.9 Å². The van der Waals surface area contributed by atoms with Crippen LogP contribution < -0.4 is 15.7 Å². The zero-order valence-electron chi connectivity index (χ0n) is 17.4. The maximum absolute atomic E-state index is 12.4. The van der Waals surface area contributed by atoms with E-state index < -0.39 is 26.5 Å². The van der Waals surface area contributed by atoms with Crippen LogP contribution in [0.4, 0.5) is 11.5 Å². The Labute approximate surface area is 176 Å². The molecule has 0 saturated carbocycles. The molecule has 2 aromatic rings. The van der Waals surface area contributed by atoms with Gasteiger partial charge in [0.25, 0.3) is 8.53 Å². The average Bonchev–Trinajstić information content (AvgIpc) is 3.42. The number of carbonyl (C=O) groups excluding carboxylic acids is 1. The number of nitrogens with one attached hydrogen (secondary N) is 1. The van der Waals surface area contributed by atoms with Gasteiger partial charge in [0.05, 0.1) is 24.9 Å². The number of hydrogen-bond donors (Lipinski definition) is 1. The standard InChI is InChI=1S/C20H23N4O5P/c1-12-17(10-19(28-12)23-8-7-18(21-13(2)25)22-20(23)26)29-30-24-15(11-27-30)9-14-5-3-4-6-16(14)24/h3-8,12,15,17,19H,9-11H2,1-2H3,(H,21,22,25,26)/t12?,15-,17?,19?,30+/m1/s1/i1D. The van der Waals surface area contributed by atoms with Crippen molar-refractivity contribution in [3.05, 3.63) is 52.6 Å². The number of aromatic nitrogens is 2. The third-order valence-corrected chi connectivity index (χ3v) is 7.16. The van der Waals surface area contributed by atoms with Gasteiger partial charge in [-0.05, 0) is 31.0 Å². The van der Waals surface area contributed by atoms with Crippen molar-refractivity contribution in [2.75, 3.05) is 16.6 Å². The van der Waals surface area contributed by atoms with Crippen LogP contribution in [0.15, 0.2) is 41.3 Å². The number of nitrogens with zero attached hydrogens (tertiary/aromatic N) is 3. The quantitative estimate of drug-likeness (QED) is 0.744. The molecular formula is C20H23N4O5P. The molecule has 5 rings (SSSR count). The summed E-state index contributed by atoms with van der Waals surface area (Å²) in [6.07, 6.45) is 1.44. The summed E-state index contributed by atoms with van der Waals surface area (Å²) in [5.74, 6) is -0.108. The molecule has 2 fully saturated rings. The zero-order chi connectivity index (χ0) is 21.5. The Morgan fingerprint density at radius 2 is 2.27 bits per heavy atom. The second-order valence-electron chi connectivity index (χ2n) is 7.56. The van der Waals surface area contributed by atoms with E-state index in [4.69, 9.17) is 15.2 Å². The second kappa shape index (κ2) is 7.74. The number of amides is 1. The lowest BCUT2D eigenvalue weighted by Gasteiger charge is -2.26. The normalized spacial score (nSPS) is 30.1. The number of hydrogen-bond acceptors (Lipinski definition) is 7. The highest BCUT2D eigenvalue weighted by atomic mass is 31.2. The van der Waals surface area contributed by atoms with Crippen LogP contribution >= 0.6 is 8.53 Å². The Balaban J connectivity index is 1.31.